The molecule has 10 amide bonds. The molecule has 0 unspecified atom stereocenters. The molecule has 6 rings (SSSR count). The number of primary amides is 2. The number of piperidine rings is 2. The van der Waals surface area contributed by atoms with Gasteiger partial charge in [0.25, 0.3) is 5.91 Å². The van der Waals surface area contributed by atoms with Crippen LogP contribution in [0.5, 0.6) is 0 Å². The Bertz CT molecular complexity index is 4050. The molecular weight excluding hydrogens is 1610 g/mol. The highest BCUT2D eigenvalue weighted by Crippen LogP contribution is 2.25. The third-order valence-electron chi connectivity index (χ3n) is 19.6. The largest absolute Gasteiger partial charge is 0.490 e. The summed E-state index contributed by atoms with van der Waals surface area (Å²) in [6, 6.07) is 30.7. The number of alkyl halides is 3. The SMILES string of the molecule is CC(C)C[C@@H](CC(=O)[C@@H](Cc1ccccc1)NC(=O)[C@@H](Cc1ccccc1)NC(=O)OC(C)(C)C)C(=O)N[C@H](CCCCNC(=O)OC(C)(C)C)C(=O)O.CC(C)C[C@@H](CC(=O)[C@@H](Cc1ccccc1)NC(=O)[C@H](N)Cc1ccccc1)C(=O)N[C@H](CCCCN)C(=O)N1CCC(NC(=O)C(N)=O)CC1.NC(=O)C(=O)CC1CCNCC1.O=C(O)C(F)(F)F. The van der Waals surface area contributed by atoms with Crippen molar-refractivity contribution < 1.29 is 105 Å². The van der Waals surface area contributed by atoms with Crippen molar-refractivity contribution in [2.24, 2.45) is 52.5 Å². The first-order chi connectivity index (χ1) is 58.2. The molecule has 2 fully saturated rings. The van der Waals surface area contributed by atoms with Gasteiger partial charge in [-0.2, -0.15) is 13.2 Å². The van der Waals surface area contributed by atoms with E-state index in [1.165, 1.54) is 0 Å². The minimum atomic E-state index is -5.08. The predicted octanol–water partition coefficient (Wildman–Crippen LogP) is 6.91. The number of benzene rings is 4. The zero-order valence-electron chi connectivity index (χ0n) is 72.9. The molecule has 32 nitrogen and oxygen atoms in total. The molecule has 4 aromatic rings. The number of nitrogens with zero attached hydrogens (tertiary/aromatic N) is 1. The number of ether oxygens (including phenoxy) is 2. The maximum Gasteiger partial charge on any atom is 0.490 e. The average molecular weight is 1740 g/mol. The molecule has 18 N–H and O–H groups in total. The van der Waals surface area contributed by atoms with Gasteiger partial charge in [-0.1, -0.05) is 149 Å². The topological polar surface area (TPSA) is 519 Å². The first kappa shape index (κ1) is 107. The number of rotatable bonds is 42. The lowest BCUT2D eigenvalue weighted by Crippen LogP contribution is -2.55. The standard InChI is InChI=1S/C41H60N4O9.C38H55N7O6.C8H14N2O2.C2HF3O2/c1-27(2)23-30(35(47)43-31(37(49)50)21-15-16-22-42-38(51)53-40(3,4)5)26-34(46)32(24-28-17-11-9-12-18-28)44-36(48)33(25-29-19-13-10-14-20-29)45-39(52)54-41(6,7)8;1-25(2)21-28(35(48)43-31(15-9-10-18-39)38(51)45-19-16-29(17-20-45)42-37(50)34(41)47)24-33(46)32(23-27-13-7-4-8-14-27)44-36(49)30(40)22-26-11-5-3-6-12-26;9-8(12)7(11)5-6-1-3-10-4-2-6;3-2(4,5)1(6)7/h9-14,17-20,27,30-33H,15-16,21-26H2,1-8H3,(H,42,51)(H,43,47)(H,44,48)(H,45,52)(H,49,50);3-8,11-14,25,28-32H,9-10,15-24,39-40H2,1-2H3,(H2,41,47)(H,42,50)(H,43,48)(H,44,49);6,10H,1-5H2,(H2,9,12);(H,6,7)/t30-,31+,32+,33+;28-,30+,31+,32+;;/m00../s1. The molecule has 2 aliphatic rings. The number of aliphatic carboxylic acids is 2. The highest BCUT2D eigenvalue weighted by Gasteiger charge is 2.39. The van der Waals surface area contributed by atoms with Crippen molar-refractivity contribution in [3.8, 4) is 0 Å². The van der Waals surface area contributed by atoms with Crippen LogP contribution in [0.1, 0.15) is 188 Å². The zero-order valence-corrected chi connectivity index (χ0v) is 72.9. The second-order valence-electron chi connectivity index (χ2n) is 33.8. The predicted molar refractivity (Wildman–Crippen MR) is 458 cm³/mol. The van der Waals surface area contributed by atoms with Crippen molar-refractivity contribution in [1.82, 2.24) is 47.4 Å². The van der Waals surface area contributed by atoms with Gasteiger partial charge in [-0.25, -0.2) is 19.2 Å². The molecule has 8 atom stereocenters. The quantitative estimate of drug-likeness (QED) is 0.0158. The average Bonchev–Trinajstić information content (AvgIpc) is 0.844. The number of unbranched alkanes of at least 4 members (excludes halogenated alkanes) is 2. The first-order valence-corrected chi connectivity index (χ1v) is 42.0. The fourth-order valence-electron chi connectivity index (χ4n) is 13.4. The van der Waals surface area contributed by atoms with Gasteiger partial charge in [0, 0.05) is 63.2 Å². The van der Waals surface area contributed by atoms with Crippen LogP contribution in [-0.4, -0.2) is 203 Å². The van der Waals surface area contributed by atoms with Crippen LogP contribution in [0, 0.1) is 29.6 Å². The van der Waals surface area contributed by atoms with Crippen LogP contribution in [0.25, 0.3) is 0 Å². The number of carbonyl (C=O) groups excluding carboxylic acids is 13. The van der Waals surface area contributed by atoms with E-state index in [1.54, 1.807) is 46.4 Å². The third kappa shape index (κ3) is 45.3. The Morgan fingerprint density at radius 2 is 0.895 bits per heavy atom. The van der Waals surface area contributed by atoms with Gasteiger partial charge in [0.1, 0.15) is 29.3 Å². The Hall–Kier alpha value is -11.2. The third-order valence-corrected chi connectivity index (χ3v) is 19.6. The van der Waals surface area contributed by atoms with Crippen LogP contribution in [0.15, 0.2) is 121 Å². The highest BCUT2D eigenvalue weighted by molar-refractivity contribution is 6.35. The van der Waals surface area contributed by atoms with Crippen molar-refractivity contribution in [3.05, 3.63) is 144 Å². The van der Waals surface area contributed by atoms with Gasteiger partial charge in [0.05, 0.1) is 18.1 Å². The van der Waals surface area contributed by atoms with Crippen LogP contribution in [-0.2, 0) is 97.5 Å². The molecule has 0 spiro atoms. The molecule has 2 saturated heterocycles. The number of halogens is 3. The number of nitrogens with one attached hydrogen (secondary N) is 8. The number of hydrogen-bond donors (Lipinski definition) is 14. The Labute approximate surface area is 724 Å². The summed E-state index contributed by atoms with van der Waals surface area (Å²) in [6.45, 7) is 21.4. The Morgan fingerprint density at radius 3 is 1.30 bits per heavy atom. The van der Waals surface area contributed by atoms with E-state index in [4.69, 9.17) is 42.3 Å². The fraction of sp³-hybridized carbons (Fsp3) is 0.562. The minimum absolute atomic E-state index is 0.00815. The number of hydrogen-bond acceptors (Lipinski definition) is 20. The molecule has 0 saturated carbocycles. The van der Waals surface area contributed by atoms with Crippen LogP contribution in [0.2, 0.25) is 0 Å². The number of carbonyl (C=O) groups is 15. The summed E-state index contributed by atoms with van der Waals surface area (Å²) in [7, 11) is 0. The summed E-state index contributed by atoms with van der Waals surface area (Å²) < 4.78 is 42.4. The normalized spacial score (nSPS) is 14.9. The summed E-state index contributed by atoms with van der Waals surface area (Å²) >= 11 is 0. The molecule has 686 valence electrons. The summed E-state index contributed by atoms with van der Waals surface area (Å²) in [5.41, 5.74) is 23.7. The van der Waals surface area contributed by atoms with Crippen LogP contribution in [0.4, 0.5) is 22.8 Å². The van der Waals surface area contributed by atoms with E-state index in [0.29, 0.717) is 96.2 Å². The van der Waals surface area contributed by atoms with Gasteiger partial charge in [-0.05, 0) is 197 Å². The van der Waals surface area contributed by atoms with Gasteiger partial charge in [0.2, 0.25) is 35.3 Å². The van der Waals surface area contributed by atoms with Crippen molar-refractivity contribution in [3.63, 3.8) is 0 Å². The van der Waals surface area contributed by atoms with E-state index in [0.717, 1.165) is 48.2 Å². The van der Waals surface area contributed by atoms with Crippen molar-refractivity contribution in [2.45, 2.75) is 251 Å². The van der Waals surface area contributed by atoms with Crippen molar-refractivity contribution in [1.29, 1.82) is 0 Å². The van der Waals surface area contributed by atoms with E-state index in [2.05, 4.69) is 42.5 Å². The van der Waals surface area contributed by atoms with Gasteiger partial charge in [0.15, 0.2) is 11.6 Å². The number of nitrogens with two attached hydrogens (primary N) is 4. The van der Waals surface area contributed by atoms with Gasteiger partial charge < -0.3 is 90.1 Å². The summed E-state index contributed by atoms with van der Waals surface area (Å²) in [4.78, 5) is 188. The van der Waals surface area contributed by atoms with Gasteiger partial charge >= 0.3 is 42.1 Å². The number of carboxylic acid groups (broad SMARTS) is 2. The van der Waals surface area contributed by atoms with Crippen LogP contribution in [0.3, 0.4) is 0 Å². The number of amides is 10. The van der Waals surface area contributed by atoms with E-state index >= 15 is 0 Å². The number of carboxylic acids is 2. The smallest absolute Gasteiger partial charge is 0.480 e. The molecule has 0 radical (unpaired) electrons. The highest BCUT2D eigenvalue weighted by atomic mass is 19.4. The Balaban J connectivity index is 0.000000526. The monoisotopic (exact) mass is 1740 g/mol. The molecule has 4 aromatic carbocycles. The fourth-order valence-corrected chi connectivity index (χ4v) is 13.4. The Kier molecular flexibility index (Phi) is 47.6. The lowest BCUT2D eigenvalue weighted by Gasteiger charge is -2.35. The van der Waals surface area contributed by atoms with Crippen LogP contribution >= 0.6 is 0 Å². The molecule has 0 aliphatic carbocycles. The van der Waals surface area contributed by atoms with Crippen LogP contribution < -0.4 is 65.5 Å². The lowest BCUT2D eigenvalue weighted by atomic mass is 9.88. The number of ketones is 3. The summed E-state index contributed by atoms with van der Waals surface area (Å²) in [5.74, 6) is -11.3. The van der Waals surface area contributed by atoms with E-state index in [-0.39, 0.29) is 74.6 Å². The number of Topliss-reactive ketones (excluding diaryl/α,β-unsaturated/α-hetero) is 3. The minimum Gasteiger partial charge on any atom is -0.480 e. The zero-order chi connectivity index (χ0) is 92.9. The van der Waals surface area contributed by atoms with E-state index < -0.39 is 143 Å². The molecule has 124 heavy (non-hydrogen) atoms. The van der Waals surface area contributed by atoms with Crippen molar-refractivity contribution in [2.75, 3.05) is 39.3 Å². The molecular formula is C89H130F3N13O19. The molecule has 2 heterocycles. The maximum atomic E-state index is 14.1. The van der Waals surface area contributed by atoms with Crippen molar-refractivity contribution >= 4 is 88.7 Å². The molecule has 0 aromatic heterocycles. The Morgan fingerprint density at radius 1 is 0.500 bits per heavy atom. The second kappa shape index (κ2) is 55.1. The second-order valence-corrected chi connectivity index (χ2v) is 33.8. The van der Waals surface area contributed by atoms with E-state index in [9.17, 15) is 85.4 Å². The first-order valence-electron chi connectivity index (χ1n) is 42.0. The molecule has 0 bridgehead atoms. The number of alkyl carbamates (subject to hydrolysis) is 2. The maximum absolute atomic E-state index is 14.1. The molecule has 35 heteroatoms. The van der Waals surface area contributed by atoms with Gasteiger partial charge in [-0.3, -0.25) is 52.7 Å². The van der Waals surface area contributed by atoms with E-state index in [1.807, 2.05) is 149 Å². The summed E-state index contributed by atoms with van der Waals surface area (Å²) in [6.07, 6.45) is 0.409. The lowest BCUT2D eigenvalue weighted by molar-refractivity contribution is -0.192. The number of likely N-dealkylation sites (tertiary alicyclic amines) is 1. The van der Waals surface area contributed by atoms with Gasteiger partial charge in [-0.15, -0.1) is 0 Å². The summed E-state index contributed by atoms with van der Waals surface area (Å²) in [5, 5.41) is 39.4. The molecule has 2 aliphatic heterocycles.